The predicted molar refractivity (Wildman–Crippen MR) is 68.4 cm³/mol. The minimum absolute atomic E-state index is 1.07. The quantitative estimate of drug-likeness (QED) is 0.528. The van der Waals surface area contributed by atoms with E-state index in [1.807, 2.05) is 18.5 Å². The summed E-state index contributed by atoms with van der Waals surface area (Å²) >= 11 is 0. The lowest BCUT2D eigenvalue weighted by atomic mass is 10.2. The number of para-hydroxylation sites is 2. The minimum atomic E-state index is 1.07. The van der Waals surface area contributed by atoms with Crippen LogP contribution in [0.15, 0.2) is 43.2 Å². The highest BCUT2D eigenvalue weighted by Gasteiger charge is 2.00. The normalized spacial score (nSPS) is 10.8. The van der Waals surface area contributed by atoms with E-state index in [0.717, 1.165) is 18.5 Å². The zero-order chi connectivity index (χ0) is 11.2. The maximum absolute atomic E-state index is 4.38. The molecule has 0 bridgehead atoms. The highest BCUT2D eigenvalue weighted by molar-refractivity contribution is 5.74. The Morgan fingerprint density at radius 3 is 2.94 bits per heavy atom. The Hall–Kier alpha value is -1.57. The molecule has 1 aromatic heterocycles. The molecule has 2 nitrogen and oxygen atoms in total. The third kappa shape index (κ3) is 2.51. The number of hydrogen-bond donors (Lipinski definition) is 0. The largest absolute Gasteiger partial charge is 0.331 e. The molecule has 84 valence electrons. The van der Waals surface area contributed by atoms with Crippen molar-refractivity contribution in [2.24, 2.45) is 0 Å². The molecule has 0 radical (unpaired) electrons. The smallest absolute Gasteiger partial charge is 0.0958 e. The van der Waals surface area contributed by atoms with Crippen molar-refractivity contribution in [1.29, 1.82) is 0 Å². The van der Waals surface area contributed by atoms with Gasteiger partial charge in [0, 0.05) is 6.54 Å². The van der Waals surface area contributed by atoms with E-state index in [-0.39, 0.29) is 0 Å². The first-order valence-electron chi connectivity index (χ1n) is 5.92. The second kappa shape index (κ2) is 5.50. The van der Waals surface area contributed by atoms with Crippen molar-refractivity contribution in [2.75, 3.05) is 0 Å². The van der Waals surface area contributed by atoms with E-state index in [4.69, 9.17) is 0 Å². The number of allylic oxidation sites excluding steroid dienone is 1. The standard InChI is InChI=1S/C14H18N2/c1-2-3-4-5-8-11-16-12-15-13-9-6-7-10-14(13)16/h2,6-7,9-10,12H,1,3-5,8,11H2. The molecule has 0 amide bonds. The number of benzene rings is 1. The van der Waals surface area contributed by atoms with E-state index in [0.29, 0.717) is 0 Å². The number of fused-ring (bicyclic) bond motifs is 1. The summed E-state index contributed by atoms with van der Waals surface area (Å²) in [6.07, 6.45) is 8.79. The number of unbranched alkanes of at least 4 members (excludes halogenated alkanes) is 3. The molecule has 0 unspecified atom stereocenters. The van der Waals surface area contributed by atoms with E-state index >= 15 is 0 Å². The topological polar surface area (TPSA) is 17.8 Å². The second-order valence-corrected chi connectivity index (χ2v) is 4.06. The molecular formula is C14H18N2. The number of nitrogens with zero attached hydrogens (tertiary/aromatic N) is 2. The maximum atomic E-state index is 4.38. The molecule has 0 aliphatic heterocycles. The van der Waals surface area contributed by atoms with Crippen molar-refractivity contribution in [1.82, 2.24) is 9.55 Å². The maximum Gasteiger partial charge on any atom is 0.0958 e. The molecule has 0 saturated carbocycles. The van der Waals surface area contributed by atoms with Gasteiger partial charge in [0.25, 0.3) is 0 Å². The number of hydrogen-bond acceptors (Lipinski definition) is 1. The van der Waals surface area contributed by atoms with Crippen LogP contribution >= 0.6 is 0 Å². The van der Waals surface area contributed by atoms with E-state index in [1.54, 1.807) is 0 Å². The Bertz CT molecular complexity index is 456. The zero-order valence-electron chi connectivity index (χ0n) is 9.60. The molecule has 0 aliphatic carbocycles. The lowest BCUT2D eigenvalue weighted by Crippen LogP contribution is -1.95. The average Bonchev–Trinajstić information content (AvgIpc) is 2.73. The molecule has 2 heteroatoms. The van der Waals surface area contributed by atoms with Gasteiger partial charge in [-0.05, 0) is 31.4 Å². The summed E-state index contributed by atoms with van der Waals surface area (Å²) < 4.78 is 2.24. The lowest BCUT2D eigenvalue weighted by molar-refractivity contribution is 0.600. The van der Waals surface area contributed by atoms with Gasteiger partial charge in [0.15, 0.2) is 0 Å². The van der Waals surface area contributed by atoms with Crippen LogP contribution in [-0.2, 0) is 6.54 Å². The Kier molecular flexibility index (Phi) is 3.76. The van der Waals surface area contributed by atoms with Crippen LogP contribution < -0.4 is 0 Å². The van der Waals surface area contributed by atoms with Crippen LogP contribution in [0.4, 0.5) is 0 Å². The third-order valence-electron chi connectivity index (χ3n) is 2.83. The third-order valence-corrected chi connectivity index (χ3v) is 2.83. The van der Waals surface area contributed by atoms with Gasteiger partial charge in [0.05, 0.1) is 17.4 Å². The summed E-state index contributed by atoms with van der Waals surface area (Å²) in [4.78, 5) is 4.38. The SMILES string of the molecule is C=CCCCCCn1cnc2ccccc21. The van der Waals surface area contributed by atoms with Crippen molar-refractivity contribution >= 4 is 11.0 Å². The summed E-state index contributed by atoms with van der Waals surface area (Å²) in [6.45, 7) is 4.80. The van der Waals surface area contributed by atoms with Gasteiger partial charge in [-0.3, -0.25) is 0 Å². The summed E-state index contributed by atoms with van der Waals surface area (Å²) in [5.74, 6) is 0. The first-order valence-corrected chi connectivity index (χ1v) is 5.92. The fraction of sp³-hybridized carbons (Fsp3) is 0.357. The first kappa shape index (κ1) is 10.9. The van der Waals surface area contributed by atoms with Gasteiger partial charge in [-0.25, -0.2) is 4.98 Å². The van der Waals surface area contributed by atoms with Crippen LogP contribution in [0.1, 0.15) is 25.7 Å². The van der Waals surface area contributed by atoms with Crippen molar-refractivity contribution < 1.29 is 0 Å². The van der Waals surface area contributed by atoms with E-state index in [1.165, 1.54) is 24.8 Å². The summed E-state index contributed by atoms with van der Waals surface area (Å²) in [5, 5.41) is 0. The highest BCUT2D eigenvalue weighted by atomic mass is 15.0. The van der Waals surface area contributed by atoms with Gasteiger partial charge in [-0.1, -0.05) is 24.6 Å². The van der Waals surface area contributed by atoms with Crippen molar-refractivity contribution in [3.8, 4) is 0 Å². The molecule has 1 heterocycles. The minimum Gasteiger partial charge on any atom is -0.331 e. The van der Waals surface area contributed by atoms with Crippen LogP contribution in [0.25, 0.3) is 11.0 Å². The van der Waals surface area contributed by atoms with Gasteiger partial charge < -0.3 is 4.57 Å². The van der Waals surface area contributed by atoms with Crippen molar-refractivity contribution in [3.63, 3.8) is 0 Å². The summed E-state index contributed by atoms with van der Waals surface area (Å²) in [7, 11) is 0. The number of imidazole rings is 1. The van der Waals surface area contributed by atoms with Crippen molar-refractivity contribution in [2.45, 2.75) is 32.2 Å². The second-order valence-electron chi connectivity index (χ2n) is 4.06. The Balaban J connectivity index is 1.91. The summed E-state index contributed by atoms with van der Waals surface area (Å²) in [6, 6.07) is 8.29. The van der Waals surface area contributed by atoms with Crippen LogP contribution in [-0.4, -0.2) is 9.55 Å². The zero-order valence-corrected chi connectivity index (χ0v) is 9.60. The van der Waals surface area contributed by atoms with Crippen LogP contribution in [0.5, 0.6) is 0 Å². The predicted octanol–water partition coefficient (Wildman–Crippen LogP) is 3.78. The summed E-state index contributed by atoms with van der Waals surface area (Å²) in [5.41, 5.74) is 2.33. The monoisotopic (exact) mass is 214 g/mol. The van der Waals surface area contributed by atoms with Crippen LogP contribution in [0.2, 0.25) is 0 Å². The van der Waals surface area contributed by atoms with Gasteiger partial charge in [0.2, 0.25) is 0 Å². The fourth-order valence-corrected chi connectivity index (χ4v) is 1.94. The molecule has 0 atom stereocenters. The number of aromatic nitrogens is 2. The fourth-order valence-electron chi connectivity index (χ4n) is 1.94. The highest BCUT2D eigenvalue weighted by Crippen LogP contribution is 2.13. The van der Waals surface area contributed by atoms with Gasteiger partial charge >= 0.3 is 0 Å². The van der Waals surface area contributed by atoms with Crippen LogP contribution in [0, 0.1) is 0 Å². The van der Waals surface area contributed by atoms with E-state index < -0.39 is 0 Å². The number of rotatable bonds is 6. The molecule has 0 saturated heterocycles. The molecule has 0 spiro atoms. The molecule has 2 rings (SSSR count). The molecule has 0 aliphatic rings. The van der Waals surface area contributed by atoms with E-state index in [9.17, 15) is 0 Å². The lowest BCUT2D eigenvalue weighted by Gasteiger charge is -2.03. The number of aryl methyl sites for hydroxylation is 1. The Morgan fingerprint density at radius 2 is 2.06 bits per heavy atom. The Morgan fingerprint density at radius 1 is 1.19 bits per heavy atom. The van der Waals surface area contributed by atoms with Crippen molar-refractivity contribution in [3.05, 3.63) is 43.2 Å². The molecule has 0 fully saturated rings. The average molecular weight is 214 g/mol. The van der Waals surface area contributed by atoms with E-state index in [2.05, 4.69) is 34.3 Å². The van der Waals surface area contributed by atoms with Gasteiger partial charge in [-0.2, -0.15) is 0 Å². The van der Waals surface area contributed by atoms with Crippen LogP contribution in [0.3, 0.4) is 0 Å². The molecular weight excluding hydrogens is 196 g/mol. The molecule has 16 heavy (non-hydrogen) atoms. The van der Waals surface area contributed by atoms with Gasteiger partial charge in [0.1, 0.15) is 0 Å². The Labute approximate surface area is 96.6 Å². The molecule has 2 aromatic rings. The van der Waals surface area contributed by atoms with Gasteiger partial charge in [-0.15, -0.1) is 6.58 Å². The first-order chi connectivity index (χ1) is 7.92. The molecule has 1 aromatic carbocycles. The molecule has 0 N–H and O–H groups in total.